The van der Waals surface area contributed by atoms with Crippen LogP contribution in [0.5, 0.6) is 0 Å². The molecular weight excluding hydrogens is 798 g/mol. The van der Waals surface area contributed by atoms with E-state index >= 15 is 0 Å². The minimum absolute atomic E-state index is 0. The molecule has 8 aromatic rings. The number of aromatic nitrogens is 2. The molecule has 5 aromatic carbocycles. The van der Waals surface area contributed by atoms with Crippen LogP contribution in [0.4, 0.5) is 17.1 Å². The third-order valence-electron chi connectivity index (χ3n) is 8.93. The smallest absolute Gasteiger partial charge is 0.455 e. The van der Waals surface area contributed by atoms with Crippen LogP contribution in [-0.2, 0) is 21.1 Å². The zero-order chi connectivity index (χ0) is 33.0. The molecule has 0 saturated heterocycles. The van der Waals surface area contributed by atoms with Crippen LogP contribution in [0, 0.1) is 26.0 Å². The zero-order valence-electron chi connectivity index (χ0n) is 28.1. The van der Waals surface area contributed by atoms with Crippen LogP contribution in [0.25, 0.3) is 55.2 Å². The Labute approximate surface area is 302 Å². The summed E-state index contributed by atoms with van der Waals surface area (Å²) in [5.74, 6) is 0. The normalized spacial score (nSPS) is 11.6. The molecule has 3 aromatic heterocycles. The third kappa shape index (κ3) is 6.25. The Morgan fingerprint density at radius 2 is 1.22 bits per heavy atom. The molecule has 0 unspecified atom stereocenters. The van der Waals surface area contributed by atoms with E-state index in [0.717, 1.165) is 78.0 Å². The number of hydrogen-bond donors (Lipinski definition) is 0. The van der Waals surface area contributed by atoms with Gasteiger partial charge in [0.05, 0.1) is 20.0 Å². The van der Waals surface area contributed by atoms with Gasteiger partial charge in [0.15, 0.2) is 5.58 Å². The second-order valence-electron chi connectivity index (χ2n) is 13.6. The average molecular weight is 833 g/mol. The fourth-order valence-corrected chi connectivity index (χ4v) is 7.51. The number of anilines is 3. The van der Waals surface area contributed by atoms with E-state index in [1.165, 1.54) is 10.6 Å². The van der Waals surface area contributed by atoms with Crippen molar-refractivity contribution in [3.63, 3.8) is 0 Å². The first kappa shape index (κ1) is 32.7. The monoisotopic (exact) mass is 832 g/mol. The first-order valence-electron chi connectivity index (χ1n) is 16.3. The molecule has 0 fully saturated rings. The number of furan rings is 1. The van der Waals surface area contributed by atoms with Gasteiger partial charge in [-0.1, -0.05) is 106 Å². The van der Waals surface area contributed by atoms with Gasteiger partial charge < -0.3 is 19.3 Å². The van der Waals surface area contributed by atoms with Crippen molar-refractivity contribution in [3.05, 3.63) is 145 Å². The number of para-hydroxylation sites is 1. The van der Waals surface area contributed by atoms with Gasteiger partial charge >= 0.3 is 21.1 Å². The molecule has 0 aliphatic carbocycles. The summed E-state index contributed by atoms with van der Waals surface area (Å²) in [6.07, 6.45) is 3.87. The third-order valence-corrected chi connectivity index (χ3v) is 11.0. The van der Waals surface area contributed by atoms with E-state index in [1.807, 2.05) is 30.6 Å². The van der Waals surface area contributed by atoms with E-state index in [0.29, 0.717) is 0 Å². The Morgan fingerprint density at radius 1 is 0.592 bits per heavy atom. The Hall–Kier alpha value is -4.83. The Morgan fingerprint density at radius 3 is 1.92 bits per heavy atom. The molecular formula is C43H35N3OPtSi. The molecule has 0 radical (unpaired) electrons. The number of fused-ring (bicyclic) bond motifs is 4. The Kier molecular flexibility index (Phi) is 8.60. The van der Waals surface area contributed by atoms with Gasteiger partial charge in [-0.15, -0.1) is 58.7 Å². The van der Waals surface area contributed by atoms with E-state index < -0.39 is 8.07 Å². The van der Waals surface area contributed by atoms with Crippen molar-refractivity contribution in [2.45, 2.75) is 33.5 Å². The van der Waals surface area contributed by atoms with Gasteiger partial charge in [0.1, 0.15) is 5.58 Å². The molecule has 4 nitrogen and oxygen atoms in total. The number of rotatable bonds is 6. The van der Waals surface area contributed by atoms with Gasteiger partial charge in [0, 0.05) is 22.4 Å². The number of aryl methyl sites for hydroxylation is 2. The molecule has 0 bridgehead atoms. The maximum absolute atomic E-state index is 6.08. The topological polar surface area (TPSA) is 42.2 Å². The van der Waals surface area contributed by atoms with E-state index in [2.05, 4.69) is 142 Å². The van der Waals surface area contributed by atoms with Crippen LogP contribution in [0.1, 0.15) is 11.1 Å². The second-order valence-corrected chi connectivity index (χ2v) is 18.7. The first-order chi connectivity index (χ1) is 23.2. The Balaban J connectivity index is 0.00000378. The molecule has 0 amide bonds. The van der Waals surface area contributed by atoms with Crippen molar-refractivity contribution in [3.8, 4) is 22.5 Å². The van der Waals surface area contributed by atoms with Gasteiger partial charge in [0.2, 0.25) is 0 Å². The maximum atomic E-state index is 6.08. The molecule has 3 heterocycles. The average Bonchev–Trinajstić information content (AvgIpc) is 3.46. The minimum Gasteiger partial charge on any atom is -0.455 e. The summed E-state index contributed by atoms with van der Waals surface area (Å²) >= 11 is 0. The van der Waals surface area contributed by atoms with Crippen molar-refractivity contribution >= 4 is 63.0 Å². The minimum atomic E-state index is -1.47. The van der Waals surface area contributed by atoms with Gasteiger partial charge in [-0.05, 0) is 45.5 Å². The summed E-state index contributed by atoms with van der Waals surface area (Å²) in [6.45, 7) is 11.3. The molecule has 0 atom stereocenters. The number of benzene rings is 5. The number of nitrogens with zero attached hydrogens (tertiary/aromatic N) is 3. The van der Waals surface area contributed by atoms with Crippen molar-refractivity contribution in [2.24, 2.45) is 0 Å². The SMILES string of the molecule is Cc1cc(-c2ccc([Si](C)(C)C)cn2)[c-]c(N(c2[c-]c(-c3cc4c(cn3)oc3ccccc34)cc(C)c2)c2cccc3ccccc23)c1.[Pt+2]. The fraction of sp³-hybridized carbons (Fsp3) is 0.116. The van der Waals surface area contributed by atoms with Crippen molar-refractivity contribution in [2.75, 3.05) is 4.90 Å². The van der Waals surface area contributed by atoms with Crippen LogP contribution in [-0.4, -0.2) is 18.0 Å². The summed E-state index contributed by atoms with van der Waals surface area (Å²) < 4.78 is 6.08. The predicted octanol–water partition coefficient (Wildman–Crippen LogP) is 11.1. The van der Waals surface area contributed by atoms with Gasteiger partial charge in [-0.2, -0.15) is 0 Å². The predicted molar refractivity (Wildman–Crippen MR) is 202 cm³/mol. The summed E-state index contributed by atoms with van der Waals surface area (Å²) in [7, 11) is -1.47. The van der Waals surface area contributed by atoms with Crippen LogP contribution < -0.4 is 10.1 Å². The second kappa shape index (κ2) is 12.9. The van der Waals surface area contributed by atoms with Gasteiger partial charge in [-0.25, -0.2) is 0 Å². The van der Waals surface area contributed by atoms with Crippen molar-refractivity contribution in [1.82, 2.24) is 9.97 Å². The zero-order valence-corrected chi connectivity index (χ0v) is 31.4. The molecule has 0 spiro atoms. The van der Waals surface area contributed by atoms with E-state index in [1.54, 1.807) is 0 Å². The quantitative estimate of drug-likeness (QED) is 0.124. The molecule has 242 valence electrons. The Bertz CT molecular complexity index is 2470. The first-order valence-corrected chi connectivity index (χ1v) is 19.8. The van der Waals surface area contributed by atoms with Crippen LogP contribution in [0.15, 0.2) is 126 Å². The largest absolute Gasteiger partial charge is 2.00 e. The molecule has 6 heteroatoms. The van der Waals surface area contributed by atoms with E-state index in [-0.39, 0.29) is 21.1 Å². The summed E-state index contributed by atoms with van der Waals surface area (Å²) in [6, 6.07) is 45.8. The fourth-order valence-electron chi connectivity index (χ4n) is 6.48. The van der Waals surface area contributed by atoms with Gasteiger partial charge in [0.25, 0.3) is 0 Å². The van der Waals surface area contributed by atoms with Crippen LogP contribution >= 0.6 is 0 Å². The van der Waals surface area contributed by atoms with Crippen LogP contribution in [0.2, 0.25) is 19.6 Å². The van der Waals surface area contributed by atoms with Crippen LogP contribution in [0.3, 0.4) is 0 Å². The van der Waals surface area contributed by atoms with Crippen molar-refractivity contribution < 1.29 is 25.5 Å². The molecule has 0 aliphatic rings. The molecule has 0 saturated carbocycles. The van der Waals surface area contributed by atoms with Gasteiger partial charge in [-0.3, -0.25) is 0 Å². The molecule has 0 N–H and O–H groups in total. The number of hydrogen-bond acceptors (Lipinski definition) is 4. The molecule has 8 rings (SSSR count). The van der Waals surface area contributed by atoms with E-state index in [9.17, 15) is 0 Å². The summed E-state index contributed by atoms with van der Waals surface area (Å²) in [5.41, 5.74) is 10.4. The number of pyridine rings is 2. The standard InChI is InChI=1S/C43H35N3OSi.Pt/c1-28-19-31(39-18-17-35(26-44-39)48(3,4)5)23-33(21-28)46(41-15-10-12-30-11-6-7-13-36(30)41)34-22-29(2)20-32(24-34)40-25-38-37-14-8-9-16-42(37)47-43(38)27-45-40;/h6-22,25-27H,1-5H3;/q-2;+2. The summed E-state index contributed by atoms with van der Waals surface area (Å²) in [4.78, 5) is 12.0. The van der Waals surface area contributed by atoms with Crippen molar-refractivity contribution in [1.29, 1.82) is 0 Å². The molecule has 49 heavy (non-hydrogen) atoms. The molecule has 0 aliphatic heterocycles. The summed E-state index contributed by atoms with van der Waals surface area (Å²) in [5, 5.41) is 5.78. The van der Waals surface area contributed by atoms with E-state index in [4.69, 9.17) is 14.4 Å². The maximum Gasteiger partial charge on any atom is 2.00 e.